The fourth-order valence-corrected chi connectivity index (χ4v) is 1.66. The molecule has 17 heavy (non-hydrogen) atoms. The van der Waals surface area contributed by atoms with Crippen molar-refractivity contribution in [3.63, 3.8) is 0 Å². The third kappa shape index (κ3) is 2.81. The fourth-order valence-electron chi connectivity index (χ4n) is 1.66. The van der Waals surface area contributed by atoms with Crippen molar-refractivity contribution in [1.29, 1.82) is 0 Å². The monoisotopic (exact) mass is 231 g/mol. The van der Waals surface area contributed by atoms with Gasteiger partial charge in [0.25, 0.3) is 0 Å². The lowest BCUT2D eigenvalue weighted by atomic mass is 10.3. The second-order valence-corrected chi connectivity index (χ2v) is 3.94. The molecule has 0 spiro atoms. The average molecular weight is 231 g/mol. The van der Waals surface area contributed by atoms with Crippen LogP contribution >= 0.6 is 0 Å². The van der Waals surface area contributed by atoms with Crippen LogP contribution in [0.15, 0.2) is 18.3 Å². The fraction of sp³-hybridized carbons (Fsp3) is 0.417. The normalized spacial score (nSPS) is 10.5. The van der Waals surface area contributed by atoms with Gasteiger partial charge in [-0.15, -0.1) is 0 Å². The van der Waals surface area contributed by atoms with Gasteiger partial charge in [-0.25, -0.2) is 9.97 Å². The number of aryl methyl sites for hydroxylation is 3. The Bertz CT molecular complexity index is 503. The highest BCUT2D eigenvalue weighted by Gasteiger charge is 2.02. The van der Waals surface area contributed by atoms with E-state index in [1.165, 1.54) is 0 Å². The second-order valence-electron chi connectivity index (χ2n) is 3.94. The Morgan fingerprint density at radius 2 is 2.18 bits per heavy atom. The molecule has 0 aliphatic carbocycles. The molecular weight excluding hydrogens is 214 g/mol. The first-order valence-corrected chi connectivity index (χ1v) is 5.74. The molecule has 0 aliphatic rings. The number of anilines is 1. The Hall–Kier alpha value is -1.91. The Morgan fingerprint density at radius 3 is 2.82 bits per heavy atom. The van der Waals surface area contributed by atoms with Gasteiger partial charge in [-0.1, -0.05) is 6.92 Å². The van der Waals surface area contributed by atoms with Gasteiger partial charge in [0.15, 0.2) is 0 Å². The molecule has 0 atom stereocenters. The molecule has 2 heterocycles. The SMILES string of the molecule is CCc1cc(NCc2ccnn2C)nc(C)n1. The third-order valence-corrected chi connectivity index (χ3v) is 2.63. The molecule has 0 aromatic carbocycles. The zero-order chi connectivity index (χ0) is 12.3. The highest BCUT2D eigenvalue weighted by molar-refractivity contribution is 5.36. The highest BCUT2D eigenvalue weighted by Crippen LogP contribution is 2.09. The van der Waals surface area contributed by atoms with Crippen LogP contribution in [0.5, 0.6) is 0 Å². The number of aromatic nitrogens is 4. The standard InChI is InChI=1S/C12H17N5/c1-4-10-7-12(16-9(2)15-10)13-8-11-5-6-14-17(11)3/h5-7H,4,8H2,1-3H3,(H,13,15,16). The predicted octanol–water partition coefficient (Wildman–Crippen LogP) is 1.69. The van der Waals surface area contributed by atoms with E-state index in [1.807, 2.05) is 30.8 Å². The van der Waals surface area contributed by atoms with Crippen molar-refractivity contribution in [1.82, 2.24) is 19.7 Å². The Kier molecular flexibility index (Phi) is 3.37. The van der Waals surface area contributed by atoms with Crippen molar-refractivity contribution in [2.45, 2.75) is 26.8 Å². The summed E-state index contributed by atoms with van der Waals surface area (Å²) in [5.74, 6) is 1.67. The largest absolute Gasteiger partial charge is 0.364 e. The third-order valence-electron chi connectivity index (χ3n) is 2.63. The van der Waals surface area contributed by atoms with E-state index in [0.29, 0.717) is 0 Å². The van der Waals surface area contributed by atoms with Crippen LogP contribution in [0.4, 0.5) is 5.82 Å². The average Bonchev–Trinajstić information content (AvgIpc) is 2.71. The first kappa shape index (κ1) is 11.6. The van der Waals surface area contributed by atoms with Crippen molar-refractivity contribution in [3.8, 4) is 0 Å². The van der Waals surface area contributed by atoms with Gasteiger partial charge in [0.1, 0.15) is 11.6 Å². The molecule has 0 bridgehead atoms. The lowest BCUT2D eigenvalue weighted by molar-refractivity contribution is 0.719. The number of nitrogens with one attached hydrogen (secondary N) is 1. The summed E-state index contributed by atoms with van der Waals surface area (Å²) >= 11 is 0. The number of hydrogen-bond donors (Lipinski definition) is 1. The topological polar surface area (TPSA) is 55.6 Å². The summed E-state index contributed by atoms with van der Waals surface area (Å²) in [7, 11) is 1.93. The first-order valence-electron chi connectivity index (χ1n) is 5.74. The van der Waals surface area contributed by atoms with Crippen LogP contribution in [0.3, 0.4) is 0 Å². The van der Waals surface area contributed by atoms with E-state index >= 15 is 0 Å². The quantitative estimate of drug-likeness (QED) is 0.870. The maximum atomic E-state index is 4.36. The van der Waals surface area contributed by atoms with Crippen molar-refractivity contribution >= 4 is 5.82 Å². The molecule has 2 aromatic heterocycles. The van der Waals surface area contributed by atoms with E-state index in [2.05, 4.69) is 27.3 Å². The number of hydrogen-bond acceptors (Lipinski definition) is 4. The van der Waals surface area contributed by atoms with E-state index in [0.717, 1.165) is 36.0 Å². The zero-order valence-electron chi connectivity index (χ0n) is 10.4. The van der Waals surface area contributed by atoms with Gasteiger partial charge in [0, 0.05) is 25.0 Å². The predicted molar refractivity (Wildman–Crippen MR) is 66.7 cm³/mol. The zero-order valence-corrected chi connectivity index (χ0v) is 10.4. The summed E-state index contributed by atoms with van der Waals surface area (Å²) in [6, 6.07) is 3.98. The summed E-state index contributed by atoms with van der Waals surface area (Å²) in [4.78, 5) is 8.71. The molecule has 5 heteroatoms. The molecule has 0 amide bonds. The van der Waals surface area contributed by atoms with Crippen molar-refractivity contribution in [2.75, 3.05) is 5.32 Å². The van der Waals surface area contributed by atoms with Crippen LogP contribution < -0.4 is 5.32 Å². The molecule has 2 aromatic rings. The summed E-state index contributed by atoms with van der Waals surface area (Å²) in [5, 5.41) is 7.42. The van der Waals surface area contributed by atoms with Gasteiger partial charge in [0.05, 0.1) is 12.2 Å². The van der Waals surface area contributed by atoms with Gasteiger partial charge < -0.3 is 5.32 Å². The number of nitrogens with zero attached hydrogens (tertiary/aromatic N) is 4. The lowest BCUT2D eigenvalue weighted by Crippen LogP contribution is -2.08. The van der Waals surface area contributed by atoms with E-state index < -0.39 is 0 Å². The Morgan fingerprint density at radius 1 is 1.35 bits per heavy atom. The summed E-state index contributed by atoms with van der Waals surface area (Å²) < 4.78 is 1.85. The minimum atomic E-state index is 0.718. The van der Waals surface area contributed by atoms with E-state index in [4.69, 9.17) is 0 Å². The molecule has 0 radical (unpaired) electrons. The van der Waals surface area contributed by atoms with Gasteiger partial charge >= 0.3 is 0 Å². The van der Waals surface area contributed by atoms with Crippen molar-refractivity contribution in [2.24, 2.45) is 7.05 Å². The molecule has 1 N–H and O–H groups in total. The van der Waals surface area contributed by atoms with Crippen LogP contribution in [0, 0.1) is 6.92 Å². The van der Waals surface area contributed by atoms with Crippen molar-refractivity contribution in [3.05, 3.63) is 35.5 Å². The minimum absolute atomic E-state index is 0.718. The molecule has 0 aliphatic heterocycles. The van der Waals surface area contributed by atoms with Gasteiger partial charge in [-0.2, -0.15) is 5.10 Å². The molecular formula is C12H17N5. The Balaban J connectivity index is 2.09. The van der Waals surface area contributed by atoms with Crippen LogP contribution in [-0.2, 0) is 20.0 Å². The highest BCUT2D eigenvalue weighted by atomic mass is 15.3. The lowest BCUT2D eigenvalue weighted by Gasteiger charge is -2.08. The molecule has 0 fully saturated rings. The maximum absolute atomic E-state index is 4.36. The minimum Gasteiger partial charge on any atom is -0.364 e. The van der Waals surface area contributed by atoms with Crippen LogP contribution in [0.25, 0.3) is 0 Å². The van der Waals surface area contributed by atoms with Crippen molar-refractivity contribution < 1.29 is 0 Å². The van der Waals surface area contributed by atoms with E-state index in [9.17, 15) is 0 Å². The Labute approximate surface area is 101 Å². The summed E-state index contributed by atoms with van der Waals surface area (Å²) in [6.45, 7) is 4.72. The molecule has 90 valence electrons. The number of rotatable bonds is 4. The van der Waals surface area contributed by atoms with Gasteiger partial charge in [-0.3, -0.25) is 4.68 Å². The summed E-state index contributed by atoms with van der Waals surface area (Å²) in [5.41, 5.74) is 2.18. The van der Waals surface area contributed by atoms with Crippen LogP contribution in [0.1, 0.15) is 24.1 Å². The van der Waals surface area contributed by atoms with E-state index in [1.54, 1.807) is 6.20 Å². The first-order chi connectivity index (χ1) is 8.19. The summed E-state index contributed by atoms with van der Waals surface area (Å²) in [6.07, 6.45) is 2.71. The molecule has 0 unspecified atom stereocenters. The van der Waals surface area contributed by atoms with Gasteiger partial charge in [-0.05, 0) is 19.4 Å². The van der Waals surface area contributed by atoms with Crippen LogP contribution in [-0.4, -0.2) is 19.7 Å². The molecule has 0 saturated heterocycles. The van der Waals surface area contributed by atoms with E-state index in [-0.39, 0.29) is 0 Å². The second kappa shape index (κ2) is 4.95. The van der Waals surface area contributed by atoms with Gasteiger partial charge in [0.2, 0.25) is 0 Å². The van der Waals surface area contributed by atoms with Crippen LogP contribution in [0.2, 0.25) is 0 Å². The molecule has 2 rings (SSSR count). The maximum Gasteiger partial charge on any atom is 0.130 e. The smallest absolute Gasteiger partial charge is 0.130 e. The molecule has 5 nitrogen and oxygen atoms in total. The molecule has 0 saturated carbocycles.